The van der Waals surface area contributed by atoms with Gasteiger partial charge in [0.1, 0.15) is 18.4 Å². The second-order valence-electron chi connectivity index (χ2n) is 4.96. The molecular formula is C15H22ClN3O2. The van der Waals surface area contributed by atoms with E-state index in [1.807, 2.05) is 25.1 Å². The van der Waals surface area contributed by atoms with E-state index in [9.17, 15) is 4.79 Å². The molecule has 1 aromatic rings. The molecule has 0 spiro atoms. The number of ether oxygens (including phenoxy) is 1. The lowest BCUT2D eigenvalue weighted by Gasteiger charge is -2.34. The largest absolute Gasteiger partial charge is 0.492 e. The Balaban J connectivity index is 1.83. The van der Waals surface area contributed by atoms with Crippen LogP contribution in [0.5, 0.6) is 5.75 Å². The van der Waals surface area contributed by atoms with Gasteiger partial charge in [0.15, 0.2) is 0 Å². The summed E-state index contributed by atoms with van der Waals surface area (Å²) in [5.41, 5.74) is 0. The van der Waals surface area contributed by atoms with Gasteiger partial charge in [-0.15, -0.1) is 0 Å². The van der Waals surface area contributed by atoms with Gasteiger partial charge in [-0.1, -0.05) is 17.7 Å². The molecule has 0 aliphatic carbocycles. The molecule has 1 aromatic carbocycles. The Morgan fingerprint density at radius 3 is 3.19 bits per heavy atom. The van der Waals surface area contributed by atoms with E-state index in [1.165, 1.54) is 0 Å². The van der Waals surface area contributed by atoms with Crippen LogP contribution in [0.25, 0.3) is 0 Å². The highest BCUT2D eigenvalue weighted by molar-refractivity contribution is 6.30. The summed E-state index contributed by atoms with van der Waals surface area (Å²) >= 11 is 5.92. The lowest BCUT2D eigenvalue weighted by atomic mass is 10.2. The Kier molecular flexibility index (Phi) is 6.29. The van der Waals surface area contributed by atoms with Crippen LogP contribution in [-0.2, 0) is 4.79 Å². The number of benzene rings is 1. The van der Waals surface area contributed by atoms with Gasteiger partial charge in [0, 0.05) is 37.7 Å². The summed E-state index contributed by atoms with van der Waals surface area (Å²) in [4.78, 5) is 14.2. The quantitative estimate of drug-likeness (QED) is 0.827. The fourth-order valence-electron chi connectivity index (χ4n) is 2.40. The van der Waals surface area contributed by atoms with Gasteiger partial charge in [0.25, 0.3) is 0 Å². The van der Waals surface area contributed by atoms with Gasteiger partial charge in [0.05, 0.1) is 0 Å². The van der Waals surface area contributed by atoms with Gasteiger partial charge in [-0.05, 0) is 25.1 Å². The molecule has 1 heterocycles. The number of carbonyl (C=O) groups is 1. The van der Waals surface area contributed by atoms with E-state index < -0.39 is 0 Å². The van der Waals surface area contributed by atoms with Crippen LogP contribution in [0, 0.1) is 0 Å². The maximum Gasteiger partial charge on any atom is 0.238 e. The molecule has 0 bridgehead atoms. The summed E-state index contributed by atoms with van der Waals surface area (Å²) in [6, 6.07) is 7.23. The van der Waals surface area contributed by atoms with Gasteiger partial charge in [-0.3, -0.25) is 9.69 Å². The highest BCUT2D eigenvalue weighted by atomic mass is 35.5. The smallest absolute Gasteiger partial charge is 0.238 e. The minimum atomic E-state index is -0.123. The molecule has 1 aliphatic rings. The number of nitrogens with one attached hydrogen (secondary N) is 2. The predicted molar refractivity (Wildman–Crippen MR) is 83.9 cm³/mol. The summed E-state index contributed by atoms with van der Waals surface area (Å²) < 4.78 is 5.70. The maximum absolute atomic E-state index is 12.0. The van der Waals surface area contributed by atoms with Crippen LogP contribution in [0.15, 0.2) is 24.3 Å². The van der Waals surface area contributed by atoms with Crippen molar-refractivity contribution in [2.45, 2.75) is 13.0 Å². The van der Waals surface area contributed by atoms with E-state index in [-0.39, 0.29) is 11.9 Å². The van der Waals surface area contributed by atoms with Crippen LogP contribution in [0.2, 0.25) is 5.02 Å². The van der Waals surface area contributed by atoms with E-state index in [2.05, 4.69) is 15.5 Å². The van der Waals surface area contributed by atoms with Crippen molar-refractivity contribution in [3.63, 3.8) is 0 Å². The summed E-state index contributed by atoms with van der Waals surface area (Å²) in [5.74, 6) is 0.833. The Bertz CT molecular complexity index is 470. The number of piperazine rings is 1. The number of rotatable bonds is 6. The SMILES string of the molecule is CCNC(=O)C1CNCCN1CCOc1cccc(Cl)c1. The molecule has 0 saturated carbocycles. The van der Waals surface area contributed by atoms with Crippen LogP contribution >= 0.6 is 11.6 Å². The molecule has 116 valence electrons. The van der Waals surface area contributed by atoms with E-state index in [4.69, 9.17) is 16.3 Å². The van der Waals surface area contributed by atoms with Crippen molar-refractivity contribution in [1.29, 1.82) is 0 Å². The summed E-state index contributed by atoms with van der Waals surface area (Å²) in [6.45, 7) is 6.27. The van der Waals surface area contributed by atoms with Crippen molar-refractivity contribution in [3.05, 3.63) is 29.3 Å². The molecule has 1 amide bonds. The fraction of sp³-hybridized carbons (Fsp3) is 0.533. The number of nitrogens with zero attached hydrogens (tertiary/aromatic N) is 1. The maximum atomic E-state index is 12.0. The summed E-state index contributed by atoms with van der Waals surface area (Å²) in [7, 11) is 0. The number of amides is 1. The molecule has 1 fully saturated rings. The first-order chi connectivity index (χ1) is 10.2. The molecule has 2 rings (SSSR count). The number of hydrogen-bond acceptors (Lipinski definition) is 4. The van der Waals surface area contributed by atoms with Gasteiger partial charge in [-0.25, -0.2) is 0 Å². The van der Waals surface area contributed by atoms with Crippen molar-refractivity contribution in [1.82, 2.24) is 15.5 Å². The van der Waals surface area contributed by atoms with Crippen molar-refractivity contribution in [2.24, 2.45) is 0 Å². The minimum Gasteiger partial charge on any atom is -0.492 e. The first-order valence-corrected chi connectivity index (χ1v) is 7.69. The second-order valence-corrected chi connectivity index (χ2v) is 5.39. The summed E-state index contributed by atoms with van der Waals surface area (Å²) in [6.07, 6.45) is 0. The Labute approximate surface area is 130 Å². The average molecular weight is 312 g/mol. The zero-order valence-corrected chi connectivity index (χ0v) is 13.0. The molecule has 1 atom stereocenters. The topological polar surface area (TPSA) is 53.6 Å². The van der Waals surface area contributed by atoms with Gasteiger partial charge in [-0.2, -0.15) is 0 Å². The van der Waals surface area contributed by atoms with E-state index in [1.54, 1.807) is 6.07 Å². The second kappa shape index (κ2) is 8.22. The predicted octanol–water partition coefficient (Wildman–Crippen LogP) is 1.13. The zero-order chi connectivity index (χ0) is 15.1. The summed E-state index contributed by atoms with van der Waals surface area (Å²) in [5, 5.41) is 6.80. The lowest BCUT2D eigenvalue weighted by Crippen LogP contribution is -2.58. The first kappa shape index (κ1) is 16.1. The molecule has 5 nitrogen and oxygen atoms in total. The Morgan fingerprint density at radius 1 is 1.57 bits per heavy atom. The van der Waals surface area contributed by atoms with Crippen LogP contribution in [0.3, 0.4) is 0 Å². The molecule has 0 radical (unpaired) electrons. The lowest BCUT2D eigenvalue weighted by molar-refractivity contribution is -0.127. The Morgan fingerprint density at radius 2 is 2.43 bits per heavy atom. The molecule has 2 N–H and O–H groups in total. The molecule has 21 heavy (non-hydrogen) atoms. The van der Waals surface area contributed by atoms with Crippen LogP contribution in [0.4, 0.5) is 0 Å². The monoisotopic (exact) mass is 311 g/mol. The van der Waals surface area contributed by atoms with Crippen molar-refractivity contribution in [3.8, 4) is 5.75 Å². The highest BCUT2D eigenvalue weighted by Crippen LogP contribution is 2.17. The molecule has 1 saturated heterocycles. The van der Waals surface area contributed by atoms with E-state index in [0.29, 0.717) is 24.7 Å². The van der Waals surface area contributed by atoms with Crippen molar-refractivity contribution < 1.29 is 9.53 Å². The average Bonchev–Trinajstić information content (AvgIpc) is 2.48. The zero-order valence-electron chi connectivity index (χ0n) is 12.3. The molecule has 6 heteroatoms. The van der Waals surface area contributed by atoms with Gasteiger partial charge < -0.3 is 15.4 Å². The number of halogens is 1. The number of carbonyl (C=O) groups excluding carboxylic acids is 1. The standard InChI is InChI=1S/C15H22ClN3O2/c1-2-18-15(20)14-11-17-6-7-19(14)8-9-21-13-5-3-4-12(16)10-13/h3-5,10,14,17H,2,6-9,11H2,1H3,(H,18,20). The molecule has 1 unspecified atom stereocenters. The normalized spacial score (nSPS) is 19.2. The number of hydrogen-bond donors (Lipinski definition) is 2. The third-order valence-electron chi connectivity index (χ3n) is 3.45. The van der Waals surface area contributed by atoms with Crippen LogP contribution < -0.4 is 15.4 Å². The van der Waals surface area contributed by atoms with Crippen LogP contribution in [0.1, 0.15) is 6.92 Å². The van der Waals surface area contributed by atoms with Crippen molar-refractivity contribution in [2.75, 3.05) is 39.3 Å². The van der Waals surface area contributed by atoms with E-state index in [0.717, 1.165) is 25.4 Å². The molecule has 0 aromatic heterocycles. The first-order valence-electron chi connectivity index (χ1n) is 7.31. The fourth-order valence-corrected chi connectivity index (χ4v) is 2.58. The number of likely N-dealkylation sites (N-methyl/N-ethyl adjacent to an activating group) is 1. The minimum absolute atomic E-state index is 0.0763. The van der Waals surface area contributed by atoms with Gasteiger partial charge >= 0.3 is 0 Å². The van der Waals surface area contributed by atoms with Gasteiger partial charge in [0.2, 0.25) is 5.91 Å². The van der Waals surface area contributed by atoms with Crippen LogP contribution in [-0.4, -0.2) is 56.2 Å². The third kappa shape index (κ3) is 4.88. The van der Waals surface area contributed by atoms with E-state index >= 15 is 0 Å². The highest BCUT2D eigenvalue weighted by Gasteiger charge is 2.27. The Hall–Kier alpha value is -1.30. The third-order valence-corrected chi connectivity index (χ3v) is 3.69. The molecule has 1 aliphatic heterocycles. The van der Waals surface area contributed by atoms with Crippen molar-refractivity contribution >= 4 is 17.5 Å². The molecular weight excluding hydrogens is 290 g/mol.